The fraction of sp³-hybridized carbons (Fsp3) is 0.394. The summed E-state index contributed by atoms with van der Waals surface area (Å²) in [6.07, 6.45) is 1.77. The van der Waals surface area contributed by atoms with E-state index in [2.05, 4.69) is 45.0 Å². The smallest absolute Gasteiger partial charge is 0.338 e. The van der Waals surface area contributed by atoms with Crippen molar-refractivity contribution in [1.82, 2.24) is 0 Å². The van der Waals surface area contributed by atoms with E-state index in [1.54, 1.807) is 24.3 Å². The first-order valence-corrected chi connectivity index (χ1v) is 13.5. The molecule has 0 N–H and O–H groups in total. The first-order chi connectivity index (χ1) is 17.9. The summed E-state index contributed by atoms with van der Waals surface area (Å²) in [7, 11) is 0. The summed E-state index contributed by atoms with van der Waals surface area (Å²) in [4.78, 5) is 27.0. The Bertz CT molecular complexity index is 1320. The van der Waals surface area contributed by atoms with Gasteiger partial charge in [0.15, 0.2) is 0 Å². The second-order valence-corrected chi connectivity index (χ2v) is 11.6. The molecule has 6 unspecified atom stereocenters. The van der Waals surface area contributed by atoms with Gasteiger partial charge in [-0.25, -0.2) is 9.59 Å². The van der Waals surface area contributed by atoms with E-state index in [1.165, 1.54) is 11.1 Å². The van der Waals surface area contributed by atoms with E-state index in [0.717, 1.165) is 19.3 Å². The molecule has 0 aromatic heterocycles. The Morgan fingerprint density at radius 2 is 1.30 bits per heavy atom. The highest BCUT2D eigenvalue weighted by atomic mass is 16.6. The lowest BCUT2D eigenvalue weighted by Crippen LogP contribution is -2.69. The van der Waals surface area contributed by atoms with E-state index in [0.29, 0.717) is 17.0 Å². The Labute approximate surface area is 219 Å². The largest absolute Gasteiger partial charge is 0.454 e. The van der Waals surface area contributed by atoms with Crippen molar-refractivity contribution in [2.24, 2.45) is 22.7 Å². The number of benzene rings is 3. The minimum Gasteiger partial charge on any atom is -0.454 e. The summed E-state index contributed by atoms with van der Waals surface area (Å²) in [6, 6.07) is 27.0. The van der Waals surface area contributed by atoms with Crippen LogP contribution >= 0.6 is 0 Å². The molecule has 0 saturated heterocycles. The number of esters is 2. The van der Waals surface area contributed by atoms with Gasteiger partial charge in [-0.05, 0) is 72.4 Å². The third-order valence-corrected chi connectivity index (χ3v) is 9.75. The molecular weight excluding hydrogens is 460 g/mol. The molecule has 4 aliphatic carbocycles. The van der Waals surface area contributed by atoms with Crippen molar-refractivity contribution in [2.45, 2.75) is 58.2 Å². The first-order valence-electron chi connectivity index (χ1n) is 13.5. The molecular formula is C33H34O4. The zero-order chi connectivity index (χ0) is 25.8. The number of carbonyl (C=O) groups is 2. The van der Waals surface area contributed by atoms with Crippen molar-refractivity contribution >= 4 is 11.9 Å². The predicted octanol–water partition coefficient (Wildman–Crippen LogP) is 6.85. The van der Waals surface area contributed by atoms with Crippen LogP contribution in [0.25, 0.3) is 0 Å². The van der Waals surface area contributed by atoms with Gasteiger partial charge in [0.05, 0.1) is 11.1 Å². The first kappa shape index (κ1) is 24.0. The van der Waals surface area contributed by atoms with Gasteiger partial charge in [0, 0.05) is 10.8 Å². The van der Waals surface area contributed by atoms with E-state index >= 15 is 0 Å². The molecule has 0 radical (unpaired) electrons. The zero-order valence-electron chi connectivity index (χ0n) is 21.7. The van der Waals surface area contributed by atoms with Gasteiger partial charge < -0.3 is 9.47 Å². The quantitative estimate of drug-likeness (QED) is 0.364. The molecule has 4 heteroatoms. The summed E-state index contributed by atoms with van der Waals surface area (Å²) >= 11 is 0. The highest BCUT2D eigenvalue weighted by Crippen LogP contribution is 2.72. The molecule has 4 nitrogen and oxygen atoms in total. The van der Waals surface area contributed by atoms with Crippen molar-refractivity contribution in [3.63, 3.8) is 0 Å². The molecule has 6 atom stereocenters. The fourth-order valence-corrected chi connectivity index (χ4v) is 7.97. The summed E-state index contributed by atoms with van der Waals surface area (Å²) in [5.74, 6) is 0.103. The van der Waals surface area contributed by atoms with Gasteiger partial charge in [-0.3, -0.25) is 0 Å². The molecule has 37 heavy (non-hydrogen) atoms. The van der Waals surface area contributed by atoms with Crippen molar-refractivity contribution in [3.8, 4) is 0 Å². The topological polar surface area (TPSA) is 52.6 Å². The number of fused-ring (bicyclic) bond motifs is 3. The minimum atomic E-state index is -0.545. The number of carbonyl (C=O) groups excluding carboxylic acids is 2. The summed E-state index contributed by atoms with van der Waals surface area (Å²) in [5, 5.41) is 0. The van der Waals surface area contributed by atoms with Gasteiger partial charge in [-0.15, -0.1) is 0 Å². The van der Waals surface area contributed by atoms with Crippen LogP contribution in [0.5, 0.6) is 0 Å². The van der Waals surface area contributed by atoms with Crippen LogP contribution in [-0.2, 0) is 15.9 Å². The molecule has 2 bridgehead atoms. The number of rotatable bonds is 5. The molecule has 3 fully saturated rings. The average molecular weight is 495 g/mol. The third-order valence-electron chi connectivity index (χ3n) is 9.75. The maximum atomic E-state index is 13.5. The summed E-state index contributed by atoms with van der Waals surface area (Å²) < 4.78 is 12.9. The van der Waals surface area contributed by atoms with Crippen LogP contribution in [-0.4, -0.2) is 24.1 Å². The number of hydrogen-bond donors (Lipinski definition) is 0. The lowest BCUT2D eigenvalue weighted by Gasteiger charge is -2.66. The molecule has 0 amide bonds. The van der Waals surface area contributed by atoms with Crippen molar-refractivity contribution in [1.29, 1.82) is 0 Å². The monoisotopic (exact) mass is 494 g/mol. The maximum absolute atomic E-state index is 13.5. The molecule has 3 aromatic carbocycles. The predicted molar refractivity (Wildman–Crippen MR) is 142 cm³/mol. The molecule has 3 aromatic rings. The van der Waals surface area contributed by atoms with Crippen molar-refractivity contribution in [3.05, 3.63) is 107 Å². The van der Waals surface area contributed by atoms with Gasteiger partial charge in [-0.1, -0.05) is 81.4 Å². The third kappa shape index (κ3) is 3.56. The molecule has 7 rings (SSSR count). The molecule has 0 aliphatic heterocycles. The van der Waals surface area contributed by atoms with Crippen LogP contribution in [0.3, 0.4) is 0 Å². The lowest BCUT2D eigenvalue weighted by atomic mass is 9.40. The van der Waals surface area contributed by atoms with Crippen molar-refractivity contribution in [2.75, 3.05) is 0 Å². The van der Waals surface area contributed by atoms with E-state index in [4.69, 9.17) is 9.47 Å². The van der Waals surface area contributed by atoms with Gasteiger partial charge >= 0.3 is 11.9 Å². The molecule has 3 saturated carbocycles. The van der Waals surface area contributed by atoms with Gasteiger partial charge in [0.1, 0.15) is 12.2 Å². The normalized spacial score (nSPS) is 31.5. The zero-order valence-corrected chi connectivity index (χ0v) is 21.7. The van der Waals surface area contributed by atoms with Crippen LogP contribution < -0.4 is 0 Å². The van der Waals surface area contributed by atoms with E-state index in [-0.39, 0.29) is 34.6 Å². The highest BCUT2D eigenvalue weighted by Gasteiger charge is 2.72. The van der Waals surface area contributed by atoms with Crippen LogP contribution in [0, 0.1) is 22.7 Å². The Morgan fingerprint density at radius 1 is 0.757 bits per heavy atom. The number of hydrogen-bond acceptors (Lipinski definition) is 4. The van der Waals surface area contributed by atoms with Crippen molar-refractivity contribution < 1.29 is 19.1 Å². The molecule has 190 valence electrons. The van der Waals surface area contributed by atoms with Gasteiger partial charge in [0.25, 0.3) is 0 Å². The second kappa shape index (κ2) is 8.86. The van der Waals surface area contributed by atoms with Crippen LogP contribution in [0.15, 0.2) is 84.9 Å². The Kier molecular flexibility index (Phi) is 5.74. The summed E-state index contributed by atoms with van der Waals surface area (Å²) in [6.45, 7) is 6.74. The van der Waals surface area contributed by atoms with Crippen LogP contribution in [0.4, 0.5) is 0 Å². The average Bonchev–Trinajstić information content (AvgIpc) is 3.33. The Balaban J connectivity index is 1.47. The maximum Gasteiger partial charge on any atom is 0.338 e. The molecule has 0 heterocycles. The fourth-order valence-electron chi connectivity index (χ4n) is 7.97. The molecule has 0 spiro atoms. The van der Waals surface area contributed by atoms with Gasteiger partial charge in [-0.2, -0.15) is 0 Å². The lowest BCUT2D eigenvalue weighted by molar-refractivity contribution is -0.244. The van der Waals surface area contributed by atoms with Crippen LogP contribution in [0.2, 0.25) is 0 Å². The highest BCUT2D eigenvalue weighted by molar-refractivity contribution is 5.90. The standard InChI is InChI=1S/C33H34O4/c1-21(2)33-19-18-32(3,27-25-17-11-10-16-24(25)20-26(27)33)28(36-30(34)22-12-6-4-7-13-22)29(33)37-31(35)23-14-8-5-9-15-23/h4-17,21,26-29H,18-20H2,1-3H3. The van der Waals surface area contributed by atoms with Crippen LogP contribution in [0.1, 0.15) is 71.4 Å². The Morgan fingerprint density at radius 3 is 1.89 bits per heavy atom. The SMILES string of the molecule is CC(C)C12CCC(C)(C(OC(=O)c3ccccc3)C1OC(=O)c1ccccc1)C1c3ccccc3CC12. The number of ether oxygens (including phenoxy) is 2. The van der Waals surface area contributed by atoms with E-state index in [1.807, 2.05) is 36.4 Å². The van der Waals surface area contributed by atoms with Gasteiger partial charge in [0.2, 0.25) is 0 Å². The summed E-state index contributed by atoms with van der Waals surface area (Å²) in [5.41, 5.74) is 3.13. The second-order valence-electron chi connectivity index (χ2n) is 11.6. The minimum absolute atomic E-state index is 0.241. The Hall–Kier alpha value is -3.40. The van der Waals surface area contributed by atoms with E-state index in [9.17, 15) is 9.59 Å². The van der Waals surface area contributed by atoms with E-state index < -0.39 is 12.2 Å². The molecule has 4 aliphatic rings.